The summed E-state index contributed by atoms with van der Waals surface area (Å²) >= 11 is 5.90. The predicted molar refractivity (Wildman–Crippen MR) is 124 cm³/mol. The number of nitrogens with one attached hydrogen (secondary N) is 1. The molecule has 0 aliphatic carbocycles. The van der Waals surface area contributed by atoms with Crippen LogP contribution < -0.4 is 19.7 Å². The fraction of sp³-hybridized carbons (Fsp3) is 0.0800. The fourth-order valence-corrected chi connectivity index (χ4v) is 3.41. The third-order valence-electron chi connectivity index (χ3n) is 4.99. The molecule has 0 radical (unpaired) electrons. The van der Waals surface area contributed by atoms with Gasteiger partial charge in [0.05, 0.1) is 12.8 Å². The van der Waals surface area contributed by atoms with Crippen LogP contribution in [0.2, 0.25) is 5.02 Å². The van der Waals surface area contributed by atoms with Crippen LogP contribution in [0.5, 0.6) is 11.5 Å². The Morgan fingerprint density at radius 3 is 2.35 bits per heavy atom. The van der Waals surface area contributed by atoms with E-state index in [-0.39, 0.29) is 17.9 Å². The molecule has 3 aromatic rings. The Morgan fingerprint density at radius 1 is 0.971 bits per heavy atom. The first-order valence-electron chi connectivity index (χ1n) is 10.1. The first kappa shape index (κ1) is 23.0. The molecule has 3 aromatic carbocycles. The normalized spacial score (nSPS) is 14.9. The van der Waals surface area contributed by atoms with Gasteiger partial charge in [-0.05, 0) is 65.7 Å². The van der Waals surface area contributed by atoms with Crippen molar-refractivity contribution in [3.63, 3.8) is 0 Å². The van der Waals surface area contributed by atoms with Crippen molar-refractivity contribution in [1.82, 2.24) is 5.32 Å². The minimum absolute atomic E-state index is 0.130. The van der Waals surface area contributed by atoms with Gasteiger partial charge in [0, 0.05) is 5.02 Å². The van der Waals surface area contributed by atoms with Crippen LogP contribution in [0.1, 0.15) is 11.1 Å². The molecule has 0 bridgehead atoms. The number of hydrogen-bond acceptors (Lipinski definition) is 5. The first-order chi connectivity index (χ1) is 16.4. The minimum atomic E-state index is -0.915. The van der Waals surface area contributed by atoms with Crippen molar-refractivity contribution in [2.75, 3.05) is 12.0 Å². The van der Waals surface area contributed by atoms with Gasteiger partial charge in [-0.2, -0.15) is 0 Å². The van der Waals surface area contributed by atoms with Crippen LogP contribution in [0, 0.1) is 5.82 Å². The van der Waals surface area contributed by atoms with Crippen LogP contribution in [-0.2, 0) is 16.2 Å². The van der Waals surface area contributed by atoms with Gasteiger partial charge in [0.1, 0.15) is 18.0 Å². The van der Waals surface area contributed by atoms with Crippen molar-refractivity contribution >= 4 is 41.2 Å². The molecular weight excluding hydrogens is 463 g/mol. The van der Waals surface area contributed by atoms with E-state index in [2.05, 4.69) is 5.32 Å². The Balaban J connectivity index is 1.58. The van der Waals surface area contributed by atoms with Gasteiger partial charge >= 0.3 is 6.03 Å². The van der Waals surface area contributed by atoms with Gasteiger partial charge in [-0.3, -0.25) is 14.9 Å². The Labute approximate surface area is 199 Å². The van der Waals surface area contributed by atoms with Gasteiger partial charge in [-0.15, -0.1) is 0 Å². The average Bonchev–Trinajstić information content (AvgIpc) is 2.83. The Bertz CT molecular complexity index is 1290. The molecule has 1 saturated heterocycles. The summed E-state index contributed by atoms with van der Waals surface area (Å²) < 4.78 is 24.5. The fourth-order valence-electron chi connectivity index (χ4n) is 3.28. The number of benzene rings is 3. The third-order valence-corrected chi connectivity index (χ3v) is 5.24. The second-order valence-electron chi connectivity index (χ2n) is 7.26. The summed E-state index contributed by atoms with van der Waals surface area (Å²) in [5, 5.41) is 2.75. The SMILES string of the molecule is COc1cc(/C=C2\C(=O)NC(=O)N(c3ccc(F)cc3)C2=O)ccc1OCc1ccc(Cl)cc1. The third kappa shape index (κ3) is 4.92. The maximum Gasteiger partial charge on any atom is 0.335 e. The molecule has 4 amide bonds. The lowest BCUT2D eigenvalue weighted by atomic mass is 10.1. The lowest BCUT2D eigenvalue weighted by molar-refractivity contribution is -0.122. The van der Waals surface area contributed by atoms with E-state index in [1.165, 1.54) is 25.3 Å². The van der Waals surface area contributed by atoms with Gasteiger partial charge < -0.3 is 9.47 Å². The van der Waals surface area contributed by atoms with Gasteiger partial charge in [-0.1, -0.05) is 29.8 Å². The molecule has 1 N–H and O–H groups in total. The molecule has 1 aliphatic rings. The number of imide groups is 2. The molecule has 0 atom stereocenters. The summed E-state index contributed by atoms with van der Waals surface area (Å²) in [6, 6.07) is 16.0. The van der Waals surface area contributed by atoms with Crippen molar-refractivity contribution in [3.8, 4) is 11.5 Å². The summed E-state index contributed by atoms with van der Waals surface area (Å²) in [4.78, 5) is 38.4. The van der Waals surface area contributed by atoms with E-state index in [0.717, 1.165) is 22.6 Å². The highest BCUT2D eigenvalue weighted by Gasteiger charge is 2.36. The largest absolute Gasteiger partial charge is 0.493 e. The number of carbonyl (C=O) groups is 3. The van der Waals surface area contributed by atoms with E-state index in [4.69, 9.17) is 21.1 Å². The number of barbiturate groups is 1. The van der Waals surface area contributed by atoms with Crippen molar-refractivity contribution in [2.24, 2.45) is 0 Å². The quantitative estimate of drug-likeness (QED) is 0.407. The molecule has 1 heterocycles. The zero-order chi connectivity index (χ0) is 24.2. The van der Waals surface area contributed by atoms with E-state index in [9.17, 15) is 18.8 Å². The molecule has 4 rings (SSSR count). The van der Waals surface area contributed by atoms with Gasteiger partial charge in [0.2, 0.25) is 0 Å². The highest BCUT2D eigenvalue weighted by atomic mass is 35.5. The minimum Gasteiger partial charge on any atom is -0.493 e. The molecule has 0 saturated carbocycles. The zero-order valence-corrected chi connectivity index (χ0v) is 18.6. The van der Waals surface area contributed by atoms with Crippen LogP contribution in [-0.4, -0.2) is 25.0 Å². The van der Waals surface area contributed by atoms with Gasteiger partial charge in [0.15, 0.2) is 11.5 Å². The lowest BCUT2D eigenvalue weighted by Gasteiger charge is -2.26. The van der Waals surface area contributed by atoms with Crippen molar-refractivity contribution in [2.45, 2.75) is 6.61 Å². The molecule has 0 aromatic heterocycles. The molecule has 34 heavy (non-hydrogen) atoms. The molecule has 0 unspecified atom stereocenters. The molecule has 7 nitrogen and oxygen atoms in total. The number of ether oxygens (including phenoxy) is 2. The first-order valence-corrected chi connectivity index (χ1v) is 10.5. The van der Waals surface area contributed by atoms with E-state index in [0.29, 0.717) is 22.1 Å². The molecule has 172 valence electrons. The highest BCUT2D eigenvalue weighted by molar-refractivity contribution is 6.39. The number of amides is 4. The summed E-state index contributed by atoms with van der Waals surface area (Å²) in [5.74, 6) is -1.34. The molecule has 9 heteroatoms. The number of halogens is 2. The smallest absolute Gasteiger partial charge is 0.335 e. The van der Waals surface area contributed by atoms with Crippen molar-refractivity contribution in [3.05, 3.63) is 94.3 Å². The maximum absolute atomic E-state index is 13.2. The van der Waals surface area contributed by atoms with Crippen LogP contribution in [0.15, 0.2) is 72.3 Å². The molecule has 1 fully saturated rings. The van der Waals surface area contributed by atoms with Gasteiger partial charge in [0.25, 0.3) is 11.8 Å². The second-order valence-corrected chi connectivity index (χ2v) is 7.70. The maximum atomic E-state index is 13.2. The number of rotatable bonds is 6. The van der Waals surface area contributed by atoms with Crippen molar-refractivity contribution in [1.29, 1.82) is 0 Å². The van der Waals surface area contributed by atoms with Crippen molar-refractivity contribution < 1.29 is 28.2 Å². The van der Waals surface area contributed by atoms with Crippen LogP contribution >= 0.6 is 11.6 Å². The topological polar surface area (TPSA) is 84.9 Å². The van der Waals surface area contributed by atoms with E-state index in [1.807, 2.05) is 12.1 Å². The van der Waals surface area contributed by atoms with E-state index >= 15 is 0 Å². The van der Waals surface area contributed by atoms with E-state index < -0.39 is 23.7 Å². The number of urea groups is 1. The number of nitrogens with zero attached hydrogens (tertiary/aromatic N) is 1. The van der Waals surface area contributed by atoms with Crippen LogP contribution in [0.4, 0.5) is 14.9 Å². The summed E-state index contributed by atoms with van der Waals surface area (Å²) in [6.07, 6.45) is 1.34. The number of anilines is 1. The zero-order valence-electron chi connectivity index (χ0n) is 17.9. The number of hydrogen-bond donors (Lipinski definition) is 1. The molecule has 1 aliphatic heterocycles. The molecule has 0 spiro atoms. The summed E-state index contributed by atoms with van der Waals surface area (Å²) in [7, 11) is 1.47. The number of carbonyl (C=O) groups excluding carboxylic acids is 3. The number of methoxy groups -OCH3 is 1. The lowest BCUT2D eigenvalue weighted by Crippen LogP contribution is -2.54. The summed E-state index contributed by atoms with van der Waals surface area (Å²) in [6.45, 7) is 0.281. The standard InChI is InChI=1S/C25H18ClFN2O5/c1-33-22-13-16(4-11-21(22)34-14-15-2-5-17(26)6-3-15)12-20-23(30)28-25(32)29(24(20)31)19-9-7-18(27)8-10-19/h2-13H,14H2,1H3,(H,28,30,32)/b20-12+. The molecular formula is C25H18ClFN2O5. The Kier molecular flexibility index (Phi) is 6.60. The summed E-state index contributed by atoms with van der Waals surface area (Å²) in [5.41, 5.74) is 1.25. The Hall–Kier alpha value is -4.17. The van der Waals surface area contributed by atoms with Crippen LogP contribution in [0.25, 0.3) is 6.08 Å². The second kappa shape index (κ2) is 9.76. The average molecular weight is 481 g/mol. The van der Waals surface area contributed by atoms with E-state index in [1.54, 1.807) is 30.3 Å². The highest BCUT2D eigenvalue weighted by Crippen LogP contribution is 2.30. The Morgan fingerprint density at radius 2 is 1.68 bits per heavy atom. The van der Waals surface area contributed by atoms with Crippen LogP contribution in [0.3, 0.4) is 0 Å². The van der Waals surface area contributed by atoms with Gasteiger partial charge in [-0.25, -0.2) is 14.1 Å². The monoisotopic (exact) mass is 480 g/mol. The predicted octanol–water partition coefficient (Wildman–Crippen LogP) is 4.73.